The maximum atomic E-state index is 12.6. The van der Waals surface area contributed by atoms with Gasteiger partial charge in [-0.2, -0.15) is 0 Å². The predicted molar refractivity (Wildman–Crippen MR) is 104 cm³/mol. The molecule has 0 spiro atoms. The summed E-state index contributed by atoms with van der Waals surface area (Å²) in [6.07, 6.45) is -1.14. The Bertz CT molecular complexity index is 923. The van der Waals surface area contributed by atoms with Crippen LogP contribution in [0.3, 0.4) is 0 Å². The lowest BCUT2D eigenvalue weighted by Crippen LogP contribution is -2.43. The minimum absolute atomic E-state index is 0.291. The molecule has 0 saturated carbocycles. The zero-order valence-electron chi connectivity index (χ0n) is 16.3. The number of nitrogens with one attached hydrogen (secondary N) is 2. The average molecular weight is 408 g/mol. The lowest BCUT2D eigenvalue weighted by atomic mass is 10.2. The third-order valence-corrected chi connectivity index (χ3v) is 4.38. The molecule has 2 N–H and O–H groups in total. The first-order valence-corrected chi connectivity index (χ1v) is 8.83. The first-order valence-electron chi connectivity index (χ1n) is 8.46. The van der Waals surface area contributed by atoms with E-state index in [9.17, 15) is 14.4 Å². The lowest BCUT2D eigenvalue weighted by Gasteiger charge is -2.15. The topological polar surface area (TPSA) is 98.7 Å². The van der Waals surface area contributed by atoms with Crippen LogP contribution >= 0.6 is 11.6 Å². The standard InChI is InChI=1S/C19H22ClN3O5/c1-10-8-14(18(25)28-12(3)17(24)22-19(26)21-4)11(2)23(10)15-9-13(20)6-7-16(15)27-5/h6-9,12H,1-5H3,(H2,21,22,24,26)/t12-/m0/s1. The summed E-state index contributed by atoms with van der Waals surface area (Å²) in [6, 6.07) is 6.15. The third kappa shape index (κ3) is 4.45. The van der Waals surface area contributed by atoms with Crippen molar-refractivity contribution in [3.05, 3.63) is 46.2 Å². The molecular weight excluding hydrogens is 386 g/mol. The van der Waals surface area contributed by atoms with Crippen molar-refractivity contribution < 1.29 is 23.9 Å². The number of carbonyl (C=O) groups is 3. The van der Waals surface area contributed by atoms with Gasteiger partial charge in [0.05, 0.1) is 18.4 Å². The summed E-state index contributed by atoms with van der Waals surface area (Å²) in [5.41, 5.74) is 2.32. The highest BCUT2D eigenvalue weighted by atomic mass is 35.5. The molecule has 0 saturated heterocycles. The van der Waals surface area contributed by atoms with Crippen molar-refractivity contribution in [2.45, 2.75) is 26.9 Å². The van der Waals surface area contributed by atoms with Gasteiger partial charge in [-0.15, -0.1) is 0 Å². The molecule has 8 nitrogen and oxygen atoms in total. The van der Waals surface area contributed by atoms with Gasteiger partial charge in [0.25, 0.3) is 5.91 Å². The Morgan fingerprint density at radius 3 is 2.46 bits per heavy atom. The first kappa shape index (κ1) is 21.3. The molecule has 1 aromatic heterocycles. The summed E-state index contributed by atoms with van der Waals surface area (Å²) in [7, 11) is 2.92. The van der Waals surface area contributed by atoms with Gasteiger partial charge in [0.2, 0.25) is 0 Å². The minimum Gasteiger partial charge on any atom is -0.495 e. The van der Waals surface area contributed by atoms with E-state index in [2.05, 4.69) is 10.6 Å². The first-order chi connectivity index (χ1) is 13.2. The van der Waals surface area contributed by atoms with Gasteiger partial charge in [-0.25, -0.2) is 9.59 Å². The number of hydrogen-bond donors (Lipinski definition) is 2. The number of aryl methyl sites for hydroxylation is 1. The Morgan fingerprint density at radius 1 is 1.18 bits per heavy atom. The summed E-state index contributed by atoms with van der Waals surface area (Å²) < 4.78 is 12.4. The molecule has 0 aliphatic carbocycles. The van der Waals surface area contributed by atoms with Gasteiger partial charge in [-0.3, -0.25) is 10.1 Å². The number of halogens is 1. The normalized spacial score (nSPS) is 11.5. The minimum atomic E-state index is -1.14. The Labute approximate surface area is 167 Å². The van der Waals surface area contributed by atoms with Gasteiger partial charge < -0.3 is 19.4 Å². The molecule has 9 heteroatoms. The van der Waals surface area contributed by atoms with Crippen molar-refractivity contribution in [3.8, 4) is 11.4 Å². The summed E-state index contributed by atoms with van der Waals surface area (Å²) in [5, 5.41) is 4.83. The molecule has 0 bridgehead atoms. The monoisotopic (exact) mass is 407 g/mol. The number of carbonyl (C=O) groups excluding carboxylic acids is 3. The van der Waals surface area contributed by atoms with Crippen LogP contribution in [0.15, 0.2) is 24.3 Å². The number of ether oxygens (including phenoxy) is 2. The van der Waals surface area contributed by atoms with E-state index in [4.69, 9.17) is 21.1 Å². The maximum Gasteiger partial charge on any atom is 0.340 e. The SMILES string of the molecule is CNC(=O)NC(=O)[C@H](C)OC(=O)c1cc(C)n(-c2cc(Cl)ccc2OC)c1C. The Kier molecular flexibility index (Phi) is 6.69. The van der Waals surface area contributed by atoms with E-state index in [-0.39, 0.29) is 0 Å². The summed E-state index contributed by atoms with van der Waals surface area (Å²) in [5.74, 6) is -0.817. The molecule has 0 radical (unpaired) electrons. The molecule has 0 aliphatic heterocycles. The van der Waals surface area contributed by atoms with Crippen molar-refractivity contribution in [3.63, 3.8) is 0 Å². The molecule has 1 atom stereocenters. The largest absolute Gasteiger partial charge is 0.495 e. The second kappa shape index (κ2) is 8.79. The average Bonchev–Trinajstić information content (AvgIpc) is 2.95. The van der Waals surface area contributed by atoms with Crippen LogP contribution in [0.4, 0.5) is 4.79 Å². The third-order valence-electron chi connectivity index (χ3n) is 4.15. The van der Waals surface area contributed by atoms with E-state index in [1.165, 1.54) is 14.0 Å². The number of methoxy groups -OCH3 is 1. The number of amides is 3. The number of urea groups is 1. The van der Waals surface area contributed by atoms with Gasteiger partial charge in [-0.05, 0) is 45.0 Å². The fourth-order valence-corrected chi connectivity index (χ4v) is 2.90. The molecule has 0 aliphatic rings. The fraction of sp³-hybridized carbons (Fsp3) is 0.316. The van der Waals surface area contributed by atoms with Crippen LogP contribution in [0, 0.1) is 13.8 Å². The molecule has 3 amide bonds. The molecule has 2 aromatic rings. The van der Waals surface area contributed by atoms with E-state index in [1.807, 2.05) is 11.5 Å². The van der Waals surface area contributed by atoms with Crippen LogP contribution in [-0.4, -0.2) is 42.7 Å². The van der Waals surface area contributed by atoms with E-state index in [0.717, 1.165) is 5.69 Å². The molecule has 1 aromatic carbocycles. The molecule has 0 unspecified atom stereocenters. The number of esters is 1. The Balaban J connectivity index is 2.31. The Hall–Kier alpha value is -3.00. The van der Waals surface area contributed by atoms with Crippen LogP contribution in [0.5, 0.6) is 5.75 Å². The van der Waals surface area contributed by atoms with E-state index in [0.29, 0.717) is 27.7 Å². The molecule has 150 valence electrons. The predicted octanol–water partition coefficient (Wildman–Crippen LogP) is 2.76. The second-order valence-corrected chi connectivity index (χ2v) is 6.49. The van der Waals surface area contributed by atoms with Gasteiger partial charge in [0.1, 0.15) is 5.75 Å². The fourth-order valence-electron chi connectivity index (χ4n) is 2.73. The van der Waals surface area contributed by atoms with Crippen LogP contribution in [0.25, 0.3) is 5.69 Å². The smallest absolute Gasteiger partial charge is 0.340 e. The van der Waals surface area contributed by atoms with Crippen molar-refractivity contribution in [1.82, 2.24) is 15.2 Å². The number of rotatable bonds is 5. The van der Waals surface area contributed by atoms with E-state index < -0.39 is 24.0 Å². The summed E-state index contributed by atoms with van der Waals surface area (Å²) in [4.78, 5) is 35.7. The van der Waals surface area contributed by atoms with Crippen molar-refractivity contribution in [2.24, 2.45) is 0 Å². The molecular formula is C19H22ClN3O5. The number of benzene rings is 1. The van der Waals surface area contributed by atoms with E-state index >= 15 is 0 Å². The number of nitrogens with zero attached hydrogens (tertiary/aromatic N) is 1. The van der Waals surface area contributed by atoms with Gasteiger partial charge in [-0.1, -0.05) is 11.6 Å². The van der Waals surface area contributed by atoms with Crippen molar-refractivity contribution in [2.75, 3.05) is 14.2 Å². The maximum absolute atomic E-state index is 12.6. The highest BCUT2D eigenvalue weighted by molar-refractivity contribution is 6.30. The van der Waals surface area contributed by atoms with Crippen LogP contribution < -0.4 is 15.4 Å². The van der Waals surface area contributed by atoms with Gasteiger partial charge in [0.15, 0.2) is 6.10 Å². The molecule has 28 heavy (non-hydrogen) atoms. The van der Waals surface area contributed by atoms with Crippen molar-refractivity contribution >= 4 is 29.5 Å². The highest BCUT2D eigenvalue weighted by Gasteiger charge is 2.24. The Morgan fingerprint density at radius 2 is 1.86 bits per heavy atom. The zero-order valence-corrected chi connectivity index (χ0v) is 17.0. The highest BCUT2D eigenvalue weighted by Crippen LogP contribution is 2.30. The quantitative estimate of drug-likeness (QED) is 0.742. The molecule has 0 fully saturated rings. The summed E-state index contributed by atoms with van der Waals surface area (Å²) in [6.45, 7) is 4.96. The molecule has 2 rings (SSSR count). The lowest BCUT2D eigenvalue weighted by molar-refractivity contribution is -0.127. The van der Waals surface area contributed by atoms with Crippen LogP contribution in [-0.2, 0) is 9.53 Å². The van der Waals surface area contributed by atoms with Crippen LogP contribution in [0.2, 0.25) is 5.02 Å². The van der Waals surface area contributed by atoms with Crippen LogP contribution in [0.1, 0.15) is 28.7 Å². The number of aromatic nitrogens is 1. The molecule has 1 heterocycles. The summed E-state index contributed by atoms with van der Waals surface area (Å²) >= 11 is 6.12. The van der Waals surface area contributed by atoms with Gasteiger partial charge >= 0.3 is 12.0 Å². The second-order valence-electron chi connectivity index (χ2n) is 6.05. The zero-order chi connectivity index (χ0) is 21.0. The number of hydrogen-bond acceptors (Lipinski definition) is 5. The van der Waals surface area contributed by atoms with Crippen molar-refractivity contribution in [1.29, 1.82) is 0 Å². The number of imide groups is 1. The van der Waals surface area contributed by atoms with E-state index in [1.54, 1.807) is 38.3 Å². The van der Waals surface area contributed by atoms with Gasteiger partial charge in [0, 0.05) is 23.5 Å².